The van der Waals surface area contributed by atoms with Crippen molar-refractivity contribution in [3.8, 4) is 0 Å². The second-order valence-electron chi connectivity index (χ2n) is 4.91. The Morgan fingerprint density at radius 3 is 2.83 bits per heavy atom. The van der Waals surface area contributed by atoms with Crippen LogP contribution in [0.5, 0.6) is 0 Å². The maximum absolute atomic E-state index is 8.72. The lowest BCUT2D eigenvalue weighted by atomic mass is 10.1. The number of ether oxygens (including phenoxy) is 1. The first-order valence-corrected chi connectivity index (χ1v) is 6.70. The number of piperidine rings is 1. The van der Waals surface area contributed by atoms with Crippen LogP contribution in [0.3, 0.4) is 0 Å². The minimum absolute atomic E-state index is 0.126. The van der Waals surface area contributed by atoms with Crippen LogP contribution in [0.15, 0.2) is 12.4 Å². The highest BCUT2D eigenvalue weighted by Crippen LogP contribution is 2.14. The molecule has 5 nitrogen and oxygen atoms in total. The highest BCUT2D eigenvalue weighted by molar-refractivity contribution is 5.04. The summed E-state index contributed by atoms with van der Waals surface area (Å²) in [4.78, 5) is 2.48. The summed E-state index contributed by atoms with van der Waals surface area (Å²) in [5.74, 6) is 0. The molecule has 0 amide bonds. The summed E-state index contributed by atoms with van der Waals surface area (Å²) < 4.78 is 7.41. The van der Waals surface area contributed by atoms with E-state index in [1.165, 1.54) is 5.56 Å². The third kappa shape index (κ3) is 4.08. The second kappa shape index (κ2) is 6.87. The smallest absolute Gasteiger partial charge is 0.0701 e. The summed E-state index contributed by atoms with van der Waals surface area (Å²) >= 11 is 0. The minimum atomic E-state index is 0.126. The molecule has 0 saturated carbocycles. The van der Waals surface area contributed by atoms with Crippen molar-refractivity contribution in [2.24, 2.45) is 7.05 Å². The topological polar surface area (TPSA) is 50.5 Å². The monoisotopic (exact) mass is 253 g/mol. The molecule has 0 atom stereocenters. The van der Waals surface area contributed by atoms with Crippen molar-refractivity contribution in [3.05, 3.63) is 18.0 Å². The number of aliphatic hydroxyl groups is 1. The summed E-state index contributed by atoms with van der Waals surface area (Å²) in [7, 11) is 1.95. The molecular formula is C13H23N3O2. The zero-order valence-electron chi connectivity index (χ0n) is 11.1. The van der Waals surface area contributed by atoms with Gasteiger partial charge in [0.05, 0.1) is 25.5 Å². The third-order valence-electron chi connectivity index (χ3n) is 3.45. The molecule has 1 aromatic rings. The molecule has 102 valence electrons. The van der Waals surface area contributed by atoms with E-state index in [-0.39, 0.29) is 6.61 Å². The van der Waals surface area contributed by atoms with Crippen LogP contribution in [0.25, 0.3) is 0 Å². The van der Waals surface area contributed by atoms with Gasteiger partial charge in [0.25, 0.3) is 0 Å². The highest BCUT2D eigenvalue weighted by Gasteiger charge is 2.19. The van der Waals surface area contributed by atoms with Gasteiger partial charge in [-0.3, -0.25) is 4.68 Å². The van der Waals surface area contributed by atoms with E-state index in [0.29, 0.717) is 12.7 Å². The first-order chi connectivity index (χ1) is 8.78. The van der Waals surface area contributed by atoms with Crippen LogP contribution in [0, 0.1) is 0 Å². The molecule has 0 unspecified atom stereocenters. The van der Waals surface area contributed by atoms with Gasteiger partial charge in [-0.15, -0.1) is 0 Å². The van der Waals surface area contributed by atoms with Gasteiger partial charge in [0.15, 0.2) is 0 Å². The second-order valence-corrected chi connectivity index (χ2v) is 4.91. The van der Waals surface area contributed by atoms with E-state index in [1.54, 1.807) is 0 Å². The molecule has 1 aliphatic heterocycles. The zero-order chi connectivity index (χ0) is 12.8. The molecule has 18 heavy (non-hydrogen) atoms. The van der Waals surface area contributed by atoms with Crippen LogP contribution in [-0.4, -0.2) is 58.7 Å². The van der Waals surface area contributed by atoms with E-state index < -0.39 is 0 Å². The Morgan fingerprint density at radius 1 is 1.44 bits per heavy atom. The van der Waals surface area contributed by atoms with Gasteiger partial charge in [0.2, 0.25) is 0 Å². The number of hydrogen-bond donors (Lipinski definition) is 1. The third-order valence-corrected chi connectivity index (χ3v) is 3.45. The number of likely N-dealkylation sites (tertiary alicyclic amines) is 1. The Hall–Kier alpha value is -0.910. The number of aliphatic hydroxyl groups excluding tert-OH is 1. The van der Waals surface area contributed by atoms with Gasteiger partial charge in [0.1, 0.15) is 0 Å². The fourth-order valence-electron chi connectivity index (χ4n) is 2.41. The number of aromatic nitrogens is 2. The molecule has 1 N–H and O–H groups in total. The molecule has 1 aromatic heterocycles. The van der Waals surface area contributed by atoms with E-state index >= 15 is 0 Å². The molecule has 2 rings (SSSR count). The predicted octanol–water partition coefficient (Wildman–Crippen LogP) is 0.436. The van der Waals surface area contributed by atoms with Gasteiger partial charge < -0.3 is 14.7 Å². The lowest BCUT2D eigenvalue weighted by molar-refractivity contribution is -0.00748. The Kier molecular flexibility index (Phi) is 5.16. The van der Waals surface area contributed by atoms with E-state index in [0.717, 1.165) is 38.9 Å². The van der Waals surface area contributed by atoms with E-state index in [2.05, 4.69) is 16.2 Å². The van der Waals surface area contributed by atoms with E-state index in [1.807, 2.05) is 17.9 Å². The molecule has 0 bridgehead atoms. The molecule has 2 heterocycles. The lowest BCUT2D eigenvalue weighted by Crippen LogP contribution is -2.38. The highest BCUT2D eigenvalue weighted by atomic mass is 16.5. The first-order valence-electron chi connectivity index (χ1n) is 6.70. The van der Waals surface area contributed by atoms with Crippen molar-refractivity contribution in [2.45, 2.75) is 25.4 Å². The van der Waals surface area contributed by atoms with Crippen molar-refractivity contribution in [3.63, 3.8) is 0 Å². The van der Waals surface area contributed by atoms with Crippen molar-refractivity contribution in [1.82, 2.24) is 14.7 Å². The van der Waals surface area contributed by atoms with Crippen LogP contribution in [0.1, 0.15) is 18.4 Å². The SMILES string of the molecule is Cn1cc(CCN2CCC(OCCO)CC2)cn1. The van der Waals surface area contributed by atoms with Gasteiger partial charge in [0, 0.05) is 32.9 Å². The fourth-order valence-corrected chi connectivity index (χ4v) is 2.41. The van der Waals surface area contributed by atoms with Gasteiger partial charge in [-0.25, -0.2) is 0 Å². The lowest BCUT2D eigenvalue weighted by Gasteiger charge is -2.31. The molecule has 1 aliphatic rings. The van der Waals surface area contributed by atoms with Crippen molar-refractivity contribution >= 4 is 0 Å². The van der Waals surface area contributed by atoms with Crippen LogP contribution in [-0.2, 0) is 18.2 Å². The first kappa shape index (κ1) is 13.5. The summed E-state index contributed by atoms with van der Waals surface area (Å²) in [5.41, 5.74) is 1.30. The van der Waals surface area contributed by atoms with Gasteiger partial charge in [-0.1, -0.05) is 0 Å². The Balaban J connectivity index is 1.64. The Bertz CT molecular complexity index is 346. The molecule has 0 spiro atoms. The maximum Gasteiger partial charge on any atom is 0.0701 e. The zero-order valence-corrected chi connectivity index (χ0v) is 11.1. The van der Waals surface area contributed by atoms with Crippen molar-refractivity contribution in [2.75, 3.05) is 32.8 Å². The number of rotatable bonds is 6. The van der Waals surface area contributed by atoms with Crippen LogP contribution in [0.2, 0.25) is 0 Å². The average molecular weight is 253 g/mol. The van der Waals surface area contributed by atoms with Crippen molar-refractivity contribution in [1.29, 1.82) is 0 Å². The van der Waals surface area contributed by atoms with Crippen LogP contribution < -0.4 is 0 Å². The maximum atomic E-state index is 8.72. The Labute approximate surface area is 108 Å². The molecule has 0 aromatic carbocycles. The quantitative estimate of drug-likeness (QED) is 0.799. The van der Waals surface area contributed by atoms with E-state index in [4.69, 9.17) is 9.84 Å². The standard InChI is InChI=1S/C13H23N3O2/c1-15-11-12(10-14-15)2-5-16-6-3-13(4-7-16)18-9-8-17/h10-11,13,17H,2-9H2,1H3. The predicted molar refractivity (Wildman–Crippen MR) is 69.4 cm³/mol. The summed E-state index contributed by atoms with van der Waals surface area (Å²) in [6.45, 7) is 3.88. The normalized spacial score (nSPS) is 18.3. The summed E-state index contributed by atoms with van der Waals surface area (Å²) in [6, 6.07) is 0. The number of nitrogens with zero attached hydrogens (tertiary/aromatic N) is 3. The average Bonchev–Trinajstić information content (AvgIpc) is 2.81. The molecule has 1 saturated heterocycles. The molecule has 5 heteroatoms. The Morgan fingerprint density at radius 2 is 2.22 bits per heavy atom. The largest absolute Gasteiger partial charge is 0.394 e. The number of aryl methyl sites for hydroxylation is 1. The fraction of sp³-hybridized carbons (Fsp3) is 0.769. The molecular weight excluding hydrogens is 230 g/mol. The summed E-state index contributed by atoms with van der Waals surface area (Å²) in [5, 5.41) is 12.9. The van der Waals surface area contributed by atoms with Gasteiger partial charge >= 0.3 is 0 Å². The van der Waals surface area contributed by atoms with Crippen molar-refractivity contribution < 1.29 is 9.84 Å². The number of hydrogen-bond acceptors (Lipinski definition) is 4. The molecule has 1 fully saturated rings. The molecule has 0 aliphatic carbocycles. The van der Waals surface area contributed by atoms with E-state index in [9.17, 15) is 0 Å². The minimum Gasteiger partial charge on any atom is -0.394 e. The van der Waals surface area contributed by atoms with Crippen LogP contribution >= 0.6 is 0 Å². The van der Waals surface area contributed by atoms with Gasteiger partial charge in [-0.2, -0.15) is 5.10 Å². The van der Waals surface area contributed by atoms with Gasteiger partial charge in [-0.05, 0) is 24.8 Å². The summed E-state index contributed by atoms with van der Waals surface area (Å²) in [6.07, 6.45) is 7.58. The van der Waals surface area contributed by atoms with Crippen LogP contribution in [0.4, 0.5) is 0 Å². The molecule has 0 radical (unpaired) electrons.